The molecule has 18 heavy (non-hydrogen) atoms. The number of benzene rings is 2. The fourth-order valence-corrected chi connectivity index (χ4v) is 2.07. The fourth-order valence-electron chi connectivity index (χ4n) is 2.07. The molecule has 0 saturated carbocycles. The highest BCUT2D eigenvalue weighted by Gasteiger charge is 2.14. The van der Waals surface area contributed by atoms with Gasteiger partial charge in [-0.2, -0.15) is 5.10 Å². The molecule has 0 unspecified atom stereocenters. The van der Waals surface area contributed by atoms with Crippen molar-refractivity contribution in [3.63, 3.8) is 0 Å². The van der Waals surface area contributed by atoms with E-state index in [1.54, 1.807) is 0 Å². The van der Waals surface area contributed by atoms with Crippen molar-refractivity contribution in [3.8, 4) is 0 Å². The lowest BCUT2D eigenvalue weighted by Crippen LogP contribution is -2.17. The Labute approximate surface area is 107 Å². The van der Waals surface area contributed by atoms with Crippen LogP contribution in [-0.4, -0.2) is 6.21 Å². The number of para-hydroxylation sites is 1. The summed E-state index contributed by atoms with van der Waals surface area (Å²) in [7, 11) is 0. The molecule has 2 aromatic carbocycles. The Hall–Kier alpha value is -2.35. The number of allylic oxidation sites excluding steroid dienone is 1. The lowest BCUT2D eigenvalue weighted by Gasteiger charge is -2.25. The summed E-state index contributed by atoms with van der Waals surface area (Å²) in [5, 5.41) is 6.48. The van der Waals surface area contributed by atoms with Gasteiger partial charge in [0.05, 0.1) is 11.4 Å². The Kier molecular flexibility index (Phi) is 2.92. The van der Waals surface area contributed by atoms with Crippen molar-refractivity contribution in [1.82, 2.24) is 0 Å². The van der Waals surface area contributed by atoms with Crippen LogP contribution in [-0.2, 0) is 0 Å². The maximum atomic E-state index is 4.50. The van der Waals surface area contributed by atoms with Gasteiger partial charge >= 0.3 is 0 Å². The number of hydrogen-bond acceptors (Lipinski definition) is 2. The molecule has 0 bridgehead atoms. The van der Waals surface area contributed by atoms with Crippen LogP contribution in [0.1, 0.15) is 12.0 Å². The Bertz CT molecular complexity index is 571. The van der Waals surface area contributed by atoms with Gasteiger partial charge in [-0.05, 0) is 17.7 Å². The van der Waals surface area contributed by atoms with E-state index in [1.807, 2.05) is 35.5 Å². The number of hydrazone groups is 1. The molecular formula is C16H14N2. The second kappa shape index (κ2) is 4.88. The molecular weight excluding hydrogens is 220 g/mol. The Morgan fingerprint density at radius 1 is 0.833 bits per heavy atom. The van der Waals surface area contributed by atoms with Gasteiger partial charge < -0.3 is 0 Å². The van der Waals surface area contributed by atoms with Crippen molar-refractivity contribution in [2.24, 2.45) is 5.10 Å². The van der Waals surface area contributed by atoms with E-state index in [1.165, 1.54) is 5.56 Å². The first kappa shape index (κ1) is 10.8. The van der Waals surface area contributed by atoms with Crippen LogP contribution >= 0.6 is 0 Å². The molecule has 0 spiro atoms. The third kappa shape index (κ3) is 2.05. The summed E-state index contributed by atoms with van der Waals surface area (Å²) in [6.45, 7) is 0. The summed E-state index contributed by atoms with van der Waals surface area (Å²) in [4.78, 5) is 0. The van der Waals surface area contributed by atoms with Gasteiger partial charge in [0, 0.05) is 12.6 Å². The zero-order valence-corrected chi connectivity index (χ0v) is 10.0. The van der Waals surface area contributed by atoms with E-state index in [0.29, 0.717) is 0 Å². The van der Waals surface area contributed by atoms with Crippen LogP contribution in [0.25, 0.3) is 5.70 Å². The first-order chi connectivity index (χ1) is 8.95. The summed E-state index contributed by atoms with van der Waals surface area (Å²) in [6.07, 6.45) is 5.02. The maximum absolute atomic E-state index is 4.50. The molecule has 0 saturated heterocycles. The van der Waals surface area contributed by atoms with Crippen molar-refractivity contribution >= 4 is 17.6 Å². The number of rotatable bonds is 2. The monoisotopic (exact) mass is 234 g/mol. The van der Waals surface area contributed by atoms with E-state index in [0.717, 1.165) is 17.8 Å². The predicted octanol–water partition coefficient (Wildman–Crippen LogP) is 3.92. The minimum Gasteiger partial charge on any atom is -0.234 e. The standard InChI is InChI=1S/C16H14N2/c1-3-8-14(9-4-1)16-12-7-13-17-18(16)15-10-5-2-6-11-15/h1-6,8-13H,7H2. The smallest absolute Gasteiger partial charge is 0.0688 e. The molecule has 3 rings (SSSR count). The van der Waals surface area contributed by atoms with Crippen molar-refractivity contribution in [1.29, 1.82) is 0 Å². The third-order valence-electron chi connectivity index (χ3n) is 2.91. The Morgan fingerprint density at radius 3 is 2.22 bits per heavy atom. The van der Waals surface area contributed by atoms with Crippen molar-refractivity contribution < 1.29 is 0 Å². The van der Waals surface area contributed by atoms with Crippen LogP contribution in [0.15, 0.2) is 71.8 Å². The van der Waals surface area contributed by atoms with Crippen LogP contribution in [0.3, 0.4) is 0 Å². The quantitative estimate of drug-likeness (QED) is 0.768. The molecule has 0 aromatic heterocycles. The van der Waals surface area contributed by atoms with Gasteiger partial charge in [0.2, 0.25) is 0 Å². The molecule has 88 valence electrons. The van der Waals surface area contributed by atoms with Gasteiger partial charge in [0.25, 0.3) is 0 Å². The molecule has 1 aliphatic heterocycles. The Balaban J connectivity index is 2.01. The summed E-state index contributed by atoms with van der Waals surface area (Å²) in [5.41, 5.74) is 3.42. The molecule has 1 heterocycles. The van der Waals surface area contributed by atoms with Crippen molar-refractivity contribution in [2.45, 2.75) is 6.42 Å². The molecule has 0 N–H and O–H groups in total. The molecule has 2 heteroatoms. The van der Waals surface area contributed by atoms with Gasteiger partial charge in [-0.1, -0.05) is 54.6 Å². The highest BCUT2D eigenvalue weighted by atomic mass is 15.5. The first-order valence-corrected chi connectivity index (χ1v) is 6.08. The molecule has 2 aromatic rings. The summed E-state index contributed by atoms with van der Waals surface area (Å²) in [6, 6.07) is 20.6. The highest BCUT2D eigenvalue weighted by Crippen LogP contribution is 2.28. The fraction of sp³-hybridized carbons (Fsp3) is 0.0625. The van der Waals surface area contributed by atoms with Crippen molar-refractivity contribution in [3.05, 3.63) is 72.3 Å². The summed E-state index contributed by atoms with van der Waals surface area (Å²) in [5.74, 6) is 0. The zero-order valence-electron chi connectivity index (χ0n) is 10.0. The van der Waals surface area contributed by atoms with Crippen LogP contribution in [0.5, 0.6) is 0 Å². The maximum Gasteiger partial charge on any atom is 0.0688 e. The van der Waals surface area contributed by atoms with Crippen LogP contribution in [0.4, 0.5) is 5.69 Å². The molecule has 2 nitrogen and oxygen atoms in total. The average Bonchev–Trinajstić information content (AvgIpc) is 2.49. The van der Waals surface area contributed by atoms with Gasteiger partial charge in [-0.3, -0.25) is 0 Å². The van der Waals surface area contributed by atoms with E-state index in [9.17, 15) is 0 Å². The minimum atomic E-state index is 0.883. The van der Waals surface area contributed by atoms with Crippen LogP contribution < -0.4 is 5.01 Å². The molecule has 0 aliphatic carbocycles. The molecule has 0 amide bonds. The molecule has 0 fully saturated rings. The average molecular weight is 234 g/mol. The normalized spacial score (nSPS) is 14.4. The van der Waals surface area contributed by atoms with Gasteiger partial charge in [0.1, 0.15) is 0 Å². The number of hydrogen-bond donors (Lipinski definition) is 0. The van der Waals surface area contributed by atoms with E-state index in [2.05, 4.69) is 47.6 Å². The second-order valence-corrected chi connectivity index (χ2v) is 4.14. The zero-order chi connectivity index (χ0) is 12.2. The van der Waals surface area contributed by atoms with E-state index in [4.69, 9.17) is 0 Å². The summed E-state index contributed by atoms with van der Waals surface area (Å²) < 4.78 is 0. The first-order valence-electron chi connectivity index (χ1n) is 6.08. The van der Waals surface area contributed by atoms with E-state index >= 15 is 0 Å². The largest absolute Gasteiger partial charge is 0.234 e. The number of nitrogens with zero attached hydrogens (tertiary/aromatic N) is 2. The molecule has 1 aliphatic rings. The van der Waals surface area contributed by atoms with Gasteiger partial charge in [0.15, 0.2) is 0 Å². The van der Waals surface area contributed by atoms with E-state index in [-0.39, 0.29) is 0 Å². The van der Waals surface area contributed by atoms with Crippen molar-refractivity contribution in [2.75, 3.05) is 5.01 Å². The topological polar surface area (TPSA) is 15.6 Å². The van der Waals surface area contributed by atoms with Crippen LogP contribution in [0, 0.1) is 0 Å². The minimum absolute atomic E-state index is 0.883. The lowest BCUT2D eigenvalue weighted by atomic mass is 10.1. The van der Waals surface area contributed by atoms with E-state index < -0.39 is 0 Å². The highest BCUT2D eigenvalue weighted by molar-refractivity contribution is 5.84. The summed E-state index contributed by atoms with van der Waals surface area (Å²) >= 11 is 0. The predicted molar refractivity (Wildman–Crippen MR) is 76.4 cm³/mol. The second-order valence-electron chi connectivity index (χ2n) is 4.14. The SMILES string of the molecule is C1=NN(c2ccccc2)C(c2ccccc2)=CC1. The Morgan fingerprint density at radius 2 is 1.50 bits per heavy atom. The van der Waals surface area contributed by atoms with Gasteiger partial charge in [-0.25, -0.2) is 5.01 Å². The van der Waals surface area contributed by atoms with Crippen LogP contribution in [0.2, 0.25) is 0 Å². The third-order valence-corrected chi connectivity index (χ3v) is 2.91. The lowest BCUT2D eigenvalue weighted by molar-refractivity contribution is 1.07. The molecule has 0 radical (unpaired) electrons. The number of anilines is 1. The van der Waals surface area contributed by atoms with Gasteiger partial charge in [-0.15, -0.1) is 0 Å². The molecule has 0 atom stereocenters.